The van der Waals surface area contributed by atoms with Gasteiger partial charge in [0.2, 0.25) is 5.79 Å². The van der Waals surface area contributed by atoms with Gasteiger partial charge in [-0.2, -0.15) is 0 Å². The number of esters is 1. The molecule has 0 aromatic carbocycles. The van der Waals surface area contributed by atoms with E-state index in [1.54, 1.807) is 0 Å². The lowest BCUT2D eigenvalue weighted by atomic mass is 9.35. The number of Topliss-reactive ketones (excluding diaryl/α,β-unsaturated/α-hetero) is 1. The fourth-order valence-corrected chi connectivity index (χ4v) is 8.84. The summed E-state index contributed by atoms with van der Waals surface area (Å²) in [5.41, 5.74) is -4.89. The van der Waals surface area contributed by atoms with Crippen molar-refractivity contribution in [3.8, 4) is 0 Å². The lowest BCUT2D eigenvalue weighted by Gasteiger charge is -2.75. The molecule has 0 amide bonds. The Morgan fingerprint density at radius 2 is 1.77 bits per heavy atom. The molecule has 4 bridgehead atoms. The van der Waals surface area contributed by atoms with Gasteiger partial charge in [-0.05, 0) is 24.7 Å². The predicted molar refractivity (Wildman–Crippen MR) is 101 cm³/mol. The minimum atomic E-state index is -2.37. The zero-order valence-electron chi connectivity index (χ0n) is 17.9. The summed E-state index contributed by atoms with van der Waals surface area (Å²) in [4.78, 5) is 26.1. The van der Waals surface area contributed by atoms with Crippen LogP contribution in [0, 0.1) is 34.0 Å². The lowest BCUT2D eigenvalue weighted by Crippen LogP contribution is -2.87. The summed E-state index contributed by atoms with van der Waals surface area (Å²) in [6.07, 6.45) is -3.44. The maximum Gasteiger partial charge on any atom is 0.302 e. The molecule has 7 rings (SSSR count). The van der Waals surface area contributed by atoms with E-state index in [1.807, 2.05) is 13.8 Å². The van der Waals surface area contributed by atoms with Crippen molar-refractivity contribution < 1.29 is 44.2 Å². The molecule has 11 atom stereocenters. The second-order valence-corrected chi connectivity index (χ2v) is 11.4. The molecule has 3 saturated heterocycles. The van der Waals surface area contributed by atoms with Crippen molar-refractivity contribution in [3.63, 3.8) is 0 Å². The first kappa shape index (κ1) is 20.5. The van der Waals surface area contributed by atoms with E-state index in [0.717, 1.165) is 0 Å². The van der Waals surface area contributed by atoms with Crippen molar-refractivity contribution in [2.75, 3.05) is 13.2 Å². The summed E-state index contributed by atoms with van der Waals surface area (Å²) in [5, 5.41) is 46.4. The van der Waals surface area contributed by atoms with Gasteiger partial charge in [0.05, 0.1) is 25.4 Å². The van der Waals surface area contributed by atoms with Crippen LogP contribution < -0.4 is 0 Å². The van der Waals surface area contributed by atoms with Crippen molar-refractivity contribution in [2.24, 2.45) is 34.0 Å². The predicted octanol–water partition coefficient (Wildman–Crippen LogP) is -0.870. The van der Waals surface area contributed by atoms with Crippen molar-refractivity contribution >= 4 is 11.8 Å². The summed E-state index contributed by atoms with van der Waals surface area (Å²) in [5.74, 6) is -5.64. The van der Waals surface area contributed by atoms with Crippen LogP contribution in [0.4, 0.5) is 0 Å². The number of fused-ring (bicyclic) bond motifs is 3. The number of carbonyl (C=O) groups excluding carboxylic acids is 2. The number of hydrogen-bond donors (Lipinski definition) is 4. The van der Waals surface area contributed by atoms with E-state index < -0.39 is 81.6 Å². The Morgan fingerprint density at radius 1 is 1.10 bits per heavy atom. The second kappa shape index (κ2) is 5.51. The number of epoxide rings is 1. The molecule has 0 radical (unpaired) electrons. The van der Waals surface area contributed by atoms with E-state index in [4.69, 9.17) is 14.2 Å². The van der Waals surface area contributed by atoms with Crippen LogP contribution >= 0.6 is 0 Å². The first-order valence-corrected chi connectivity index (χ1v) is 11.2. The van der Waals surface area contributed by atoms with Gasteiger partial charge in [-0.1, -0.05) is 13.8 Å². The van der Waals surface area contributed by atoms with Crippen LogP contribution in [-0.2, 0) is 23.8 Å². The van der Waals surface area contributed by atoms with Crippen molar-refractivity contribution in [1.82, 2.24) is 0 Å². The highest BCUT2D eigenvalue weighted by Gasteiger charge is 2.93. The van der Waals surface area contributed by atoms with Crippen LogP contribution in [0.2, 0.25) is 0 Å². The third-order valence-electron chi connectivity index (χ3n) is 9.86. The van der Waals surface area contributed by atoms with E-state index in [-0.39, 0.29) is 19.6 Å². The molecule has 7 fully saturated rings. The van der Waals surface area contributed by atoms with E-state index in [1.165, 1.54) is 6.92 Å². The summed E-state index contributed by atoms with van der Waals surface area (Å²) in [6, 6.07) is 0. The molecule has 4 saturated carbocycles. The molecule has 3 unspecified atom stereocenters. The Hall–Kier alpha value is -1.10. The van der Waals surface area contributed by atoms with Crippen LogP contribution in [0.1, 0.15) is 40.0 Å². The molecule has 0 aromatic rings. The van der Waals surface area contributed by atoms with Gasteiger partial charge in [0, 0.05) is 30.1 Å². The molecule has 4 aliphatic carbocycles. The molecule has 9 nitrogen and oxygen atoms in total. The standard InChI is InChI=1S/C22H30O9/c1-9(23)31-11-6-10-15(25)21(17(27)20(10)8-29-20)13(11)19-7-30-22(21,28)16(26)14(19)18(2,3)5-4-12(19)24/h10-16,24-26,28H,4-8H2,1-3H3/t10?,11-,12-,13?,14?,15+,16-,19-,20+,21+,22-/m0/s1. The van der Waals surface area contributed by atoms with Crippen LogP contribution in [0.15, 0.2) is 0 Å². The number of ketones is 1. The minimum Gasteiger partial charge on any atom is -0.462 e. The maximum absolute atomic E-state index is 14.0. The van der Waals surface area contributed by atoms with Gasteiger partial charge < -0.3 is 34.6 Å². The Balaban J connectivity index is 1.66. The van der Waals surface area contributed by atoms with Crippen molar-refractivity contribution in [3.05, 3.63) is 0 Å². The number of ether oxygens (including phenoxy) is 3. The topological polar surface area (TPSA) is 146 Å². The van der Waals surface area contributed by atoms with E-state index >= 15 is 0 Å². The molecule has 9 heteroatoms. The highest BCUT2D eigenvalue weighted by Crippen LogP contribution is 2.78. The summed E-state index contributed by atoms with van der Waals surface area (Å²) < 4.78 is 17.2. The largest absolute Gasteiger partial charge is 0.462 e. The van der Waals surface area contributed by atoms with Gasteiger partial charge in [0.15, 0.2) is 11.4 Å². The molecule has 0 aromatic heterocycles. The minimum absolute atomic E-state index is 0.0987. The summed E-state index contributed by atoms with van der Waals surface area (Å²) in [7, 11) is 0. The van der Waals surface area contributed by atoms with E-state index in [9.17, 15) is 30.0 Å². The van der Waals surface area contributed by atoms with Crippen LogP contribution in [0.25, 0.3) is 0 Å². The third-order valence-corrected chi connectivity index (χ3v) is 9.86. The lowest BCUT2D eigenvalue weighted by molar-refractivity contribution is -0.465. The molecule has 3 heterocycles. The first-order valence-electron chi connectivity index (χ1n) is 11.2. The van der Waals surface area contributed by atoms with E-state index in [0.29, 0.717) is 12.8 Å². The van der Waals surface area contributed by atoms with Crippen LogP contribution in [0.3, 0.4) is 0 Å². The summed E-state index contributed by atoms with van der Waals surface area (Å²) in [6.45, 7) is 5.22. The first-order chi connectivity index (χ1) is 14.4. The Kier molecular flexibility index (Phi) is 3.64. The highest BCUT2D eigenvalue weighted by molar-refractivity contribution is 6.00. The summed E-state index contributed by atoms with van der Waals surface area (Å²) >= 11 is 0. The average Bonchev–Trinajstić information content (AvgIpc) is 3.47. The molecule has 7 aliphatic rings. The highest BCUT2D eigenvalue weighted by atomic mass is 16.7. The second-order valence-electron chi connectivity index (χ2n) is 11.4. The quantitative estimate of drug-likeness (QED) is 0.303. The molecule has 3 aliphatic heterocycles. The Morgan fingerprint density at radius 3 is 2.39 bits per heavy atom. The molecule has 3 spiro atoms. The third kappa shape index (κ3) is 1.86. The van der Waals surface area contributed by atoms with Gasteiger partial charge in [-0.15, -0.1) is 0 Å². The zero-order valence-corrected chi connectivity index (χ0v) is 17.9. The van der Waals surface area contributed by atoms with E-state index in [2.05, 4.69) is 0 Å². The smallest absolute Gasteiger partial charge is 0.302 e. The van der Waals surface area contributed by atoms with Gasteiger partial charge in [0.25, 0.3) is 0 Å². The monoisotopic (exact) mass is 438 g/mol. The van der Waals surface area contributed by atoms with Crippen molar-refractivity contribution in [1.29, 1.82) is 0 Å². The van der Waals surface area contributed by atoms with Gasteiger partial charge in [-0.3, -0.25) is 9.59 Å². The number of rotatable bonds is 1. The fourth-order valence-electron chi connectivity index (χ4n) is 8.84. The number of aliphatic hydroxyl groups is 4. The van der Waals surface area contributed by atoms with Crippen molar-refractivity contribution in [2.45, 2.75) is 75.8 Å². The molecule has 31 heavy (non-hydrogen) atoms. The number of hydrogen-bond acceptors (Lipinski definition) is 9. The molecule has 172 valence electrons. The molecular formula is C22H30O9. The average molecular weight is 438 g/mol. The van der Waals surface area contributed by atoms with Gasteiger partial charge >= 0.3 is 5.97 Å². The number of carbonyl (C=O) groups is 2. The zero-order chi connectivity index (χ0) is 22.4. The SMILES string of the molecule is CC(=O)O[C@H]1CC2[C@@H](O)[C@@]3(C(=O)[C@@]24CO4)C1[C@@]12CO[C@@]3(O)[C@@H](O)C1C(C)(C)CC[C@@H]2O. The Labute approximate surface area is 179 Å². The molecular weight excluding hydrogens is 408 g/mol. The van der Waals surface area contributed by atoms with Crippen LogP contribution in [0.5, 0.6) is 0 Å². The normalized spacial score (nSPS) is 60.5. The fraction of sp³-hybridized carbons (Fsp3) is 0.909. The number of aliphatic hydroxyl groups excluding tert-OH is 3. The molecule has 4 N–H and O–H groups in total. The van der Waals surface area contributed by atoms with Crippen LogP contribution in [-0.4, -0.2) is 81.2 Å². The Bertz CT molecular complexity index is 882. The maximum atomic E-state index is 14.0. The van der Waals surface area contributed by atoms with Gasteiger partial charge in [0.1, 0.15) is 17.6 Å². The van der Waals surface area contributed by atoms with Gasteiger partial charge in [-0.25, -0.2) is 0 Å².